The molecule has 0 aliphatic heterocycles. The average molecular weight is 491 g/mol. The zero-order valence-electron chi connectivity index (χ0n) is 21.6. The van der Waals surface area contributed by atoms with Crippen LogP contribution < -0.4 is 9.50 Å². The third kappa shape index (κ3) is 7.72. The Morgan fingerprint density at radius 2 is 1.71 bits per heavy atom. The van der Waals surface area contributed by atoms with E-state index in [0.29, 0.717) is 30.0 Å². The number of pyridine rings is 1. The summed E-state index contributed by atoms with van der Waals surface area (Å²) in [6.07, 6.45) is 0.608. The van der Waals surface area contributed by atoms with Gasteiger partial charge in [-0.1, -0.05) is 50.6 Å². The van der Waals surface area contributed by atoms with Gasteiger partial charge in [0.2, 0.25) is 0 Å². The van der Waals surface area contributed by atoms with E-state index < -0.39 is 21.8 Å². The topological polar surface area (TPSA) is 94.6 Å². The molecular formula is C26H38N2O5S. The van der Waals surface area contributed by atoms with E-state index in [1.54, 1.807) is 20.8 Å². The molecule has 1 N–H and O–H groups in total. The predicted octanol–water partition coefficient (Wildman–Crippen LogP) is 5.57. The van der Waals surface area contributed by atoms with Crippen molar-refractivity contribution in [1.82, 2.24) is 10.3 Å². The lowest BCUT2D eigenvalue weighted by atomic mass is 9.92. The van der Waals surface area contributed by atoms with Gasteiger partial charge in [0.1, 0.15) is 5.60 Å². The molecule has 0 aliphatic rings. The Kier molecular flexibility index (Phi) is 9.11. The molecule has 0 radical (unpaired) electrons. The van der Waals surface area contributed by atoms with E-state index in [4.69, 9.17) is 13.9 Å². The molecule has 34 heavy (non-hydrogen) atoms. The van der Waals surface area contributed by atoms with Crippen LogP contribution in [0, 0.1) is 12.8 Å². The Labute approximate surface area is 204 Å². The fourth-order valence-electron chi connectivity index (χ4n) is 3.47. The van der Waals surface area contributed by atoms with Gasteiger partial charge in [0.05, 0.1) is 11.4 Å². The average Bonchev–Trinajstić information content (AvgIpc) is 2.72. The summed E-state index contributed by atoms with van der Waals surface area (Å²) in [6.45, 7) is 15.2. The van der Waals surface area contributed by atoms with Crippen molar-refractivity contribution in [3.8, 4) is 16.9 Å². The van der Waals surface area contributed by atoms with E-state index in [1.807, 2.05) is 38.1 Å². The number of aryl methyl sites for hydroxylation is 2. The molecule has 1 aromatic heterocycles. The van der Waals surface area contributed by atoms with Gasteiger partial charge in [-0.2, -0.15) is 8.42 Å². The third-order valence-corrected chi connectivity index (χ3v) is 6.19. The number of carbonyl (C=O) groups is 1. The number of rotatable bonds is 9. The monoisotopic (exact) mass is 490 g/mol. The van der Waals surface area contributed by atoms with E-state index in [1.165, 1.54) is 6.92 Å². The summed E-state index contributed by atoms with van der Waals surface area (Å²) in [6, 6.07) is 7.80. The molecule has 1 heterocycles. The van der Waals surface area contributed by atoms with Gasteiger partial charge in [-0.25, -0.2) is 4.79 Å². The van der Waals surface area contributed by atoms with Crippen LogP contribution in [0.4, 0.5) is 4.79 Å². The van der Waals surface area contributed by atoms with Crippen molar-refractivity contribution >= 4 is 16.2 Å². The molecule has 0 fully saturated rings. The molecule has 0 aliphatic carbocycles. The highest BCUT2D eigenvalue weighted by molar-refractivity contribution is 7.87. The number of aromatic nitrogens is 1. The summed E-state index contributed by atoms with van der Waals surface area (Å²) in [7, 11) is -3.80. The molecule has 0 spiro atoms. The number of ether oxygens (including phenoxy) is 1. The van der Waals surface area contributed by atoms with Crippen LogP contribution in [0.2, 0.25) is 0 Å². The molecule has 0 bridgehead atoms. The fraction of sp³-hybridized carbons (Fsp3) is 0.538. The highest BCUT2D eigenvalue weighted by atomic mass is 32.2. The maximum Gasteiger partial charge on any atom is 0.407 e. The van der Waals surface area contributed by atoms with E-state index in [0.717, 1.165) is 22.4 Å². The first-order valence-corrected chi connectivity index (χ1v) is 13.3. The van der Waals surface area contributed by atoms with E-state index >= 15 is 0 Å². The number of benzene rings is 1. The largest absolute Gasteiger partial charge is 0.444 e. The lowest BCUT2D eigenvalue weighted by Crippen LogP contribution is -2.32. The highest BCUT2D eigenvalue weighted by Gasteiger charge is 2.26. The zero-order chi connectivity index (χ0) is 25.7. The smallest absolute Gasteiger partial charge is 0.407 e. The van der Waals surface area contributed by atoms with E-state index in [-0.39, 0.29) is 18.0 Å². The lowest BCUT2D eigenvalue weighted by molar-refractivity contribution is 0.0523. The molecule has 0 atom stereocenters. The number of carbonyl (C=O) groups excluding carboxylic acids is 1. The maximum absolute atomic E-state index is 12.5. The molecule has 1 amide bonds. The van der Waals surface area contributed by atoms with E-state index in [9.17, 15) is 13.2 Å². The van der Waals surface area contributed by atoms with Crippen molar-refractivity contribution in [2.24, 2.45) is 5.92 Å². The first-order chi connectivity index (χ1) is 15.8. The van der Waals surface area contributed by atoms with Crippen molar-refractivity contribution in [1.29, 1.82) is 0 Å². The molecule has 1 aromatic carbocycles. The minimum atomic E-state index is -3.80. The molecule has 0 saturated carbocycles. The Hall–Kier alpha value is -2.61. The molecule has 188 valence electrons. The van der Waals surface area contributed by atoms with Crippen LogP contribution in [0.5, 0.6) is 5.75 Å². The Bertz CT molecular complexity index is 1100. The second-order valence-electron chi connectivity index (χ2n) is 9.79. The van der Waals surface area contributed by atoms with Crippen LogP contribution in [-0.4, -0.2) is 30.8 Å². The molecular weight excluding hydrogens is 452 g/mol. The first kappa shape index (κ1) is 27.6. The SMILES string of the molecule is CCc1nc(CC(C)C)c(CNC(=O)OC(C)(C)C)c(-c2ccc(C)cc2)c1OS(=O)(=O)CC. The van der Waals surface area contributed by atoms with Crippen LogP contribution in [0.3, 0.4) is 0 Å². The molecule has 0 unspecified atom stereocenters. The summed E-state index contributed by atoms with van der Waals surface area (Å²) >= 11 is 0. The standard InChI is InChI=1S/C26H38N2O5S/c1-9-21-24(33-34(30,31)10-2)23(19-13-11-18(5)12-14-19)20(22(28-21)15-17(3)4)16-27-25(29)32-26(6,7)8/h11-14,17H,9-10,15-16H2,1-8H3,(H,27,29). The molecule has 7 nitrogen and oxygen atoms in total. The summed E-state index contributed by atoms with van der Waals surface area (Å²) < 4.78 is 36.1. The predicted molar refractivity (Wildman–Crippen MR) is 135 cm³/mol. The van der Waals surface area contributed by atoms with Crippen molar-refractivity contribution < 1.29 is 22.1 Å². The highest BCUT2D eigenvalue weighted by Crippen LogP contribution is 2.39. The number of hydrogen-bond acceptors (Lipinski definition) is 6. The second kappa shape index (κ2) is 11.2. The van der Waals surface area contributed by atoms with Crippen LogP contribution >= 0.6 is 0 Å². The number of nitrogens with one attached hydrogen (secondary N) is 1. The molecule has 8 heteroatoms. The van der Waals surface area contributed by atoms with Gasteiger partial charge in [-0.15, -0.1) is 0 Å². The van der Waals surface area contributed by atoms with Gasteiger partial charge >= 0.3 is 16.2 Å². The summed E-state index contributed by atoms with van der Waals surface area (Å²) in [5.41, 5.74) is 3.97. The van der Waals surface area contributed by atoms with Crippen molar-refractivity contribution in [3.63, 3.8) is 0 Å². The van der Waals surface area contributed by atoms with Gasteiger partial charge < -0.3 is 14.2 Å². The maximum atomic E-state index is 12.5. The number of nitrogens with zero attached hydrogens (tertiary/aromatic N) is 1. The third-order valence-electron chi connectivity index (χ3n) is 5.06. The number of hydrogen-bond donors (Lipinski definition) is 1. The number of amides is 1. The minimum absolute atomic E-state index is 0.125. The van der Waals surface area contributed by atoms with Gasteiger partial charge in [-0.05, 0) is 58.9 Å². The second-order valence-corrected chi connectivity index (χ2v) is 11.6. The molecule has 0 saturated heterocycles. The van der Waals surface area contributed by atoms with Crippen molar-refractivity contribution in [3.05, 3.63) is 46.8 Å². The Morgan fingerprint density at radius 1 is 1.09 bits per heavy atom. The summed E-state index contributed by atoms with van der Waals surface area (Å²) in [4.78, 5) is 17.3. The number of alkyl carbamates (subject to hydrolysis) is 1. The fourth-order valence-corrected chi connectivity index (χ4v) is 4.02. The van der Waals surface area contributed by atoms with Crippen LogP contribution in [0.25, 0.3) is 11.1 Å². The van der Waals surface area contributed by atoms with Crippen molar-refractivity contribution in [2.75, 3.05) is 5.75 Å². The van der Waals surface area contributed by atoms with E-state index in [2.05, 4.69) is 19.2 Å². The van der Waals surface area contributed by atoms with Crippen LogP contribution in [-0.2, 0) is 34.2 Å². The Balaban J connectivity index is 2.77. The normalized spacial score (nSPS) is 12.0. The molecule has 2 aromatic rings. The molecule has 2 rings (SSSR count). The van der Waals surface area contributed by atoms with Crippen molar-refractivity contribution in [2.45, 2.75) is 80.4 Å². The van der Waals surface area contributed by atoms with Crippen LogP contribution in [0.1, 0.15) is 71.0 Å². The lowest BCUT2D eigenvalue weighted by Gasteiger charge is -2.23. The Morgan fingerprint density at radius 3 is 2.21 bits per heavy atom. The summed E-state index contributed by atoms with van der Waals surface area (Å²) in [5, 5.41) is 2.83. The minimum Gasteiger partial charge on any atom is -0.444 e. The summed E-state index contributed by atoms with van der Waals surface area (Å²) in [5.74, 6) is 0.360. The van der Waals surface area contributed by atoms with Gasteiger partial charge in [0, 0.05) is 23.4 Å². The zero-order valence-corrected chi connectivity index (χ0v) is 22.4. The van der Waals surface area contributed by atoms with Gasteiger partial charge in [-0.3, -0.25) is 4.98 Å². The quantitative estimate of drug-likeness (QED) is 0.462. The van der Waals surface area contributed by atoms with Gasteiger partial charge in [0.15, 0.2) is 5.75 Å². The first-order valence-electron chi connectivity index (χ1n) is 11.8. The van der Waals surface area contributed by atoms with Gasteiger partial charge in [0.25, 0.3) is 0 Å². The van der Waals surface area contributed by atoms with Crippen LogP contribution in [0.15, 0.2) is 24.3 Å².